The lowest BCUT2D eigenvalue weighted by atomic mass is 10.0. The minimum Gasteiger partial charge on any atom is -0.483 e. The second-order valence-corrected chi connectivity index (χ2v) is 17.1. The van der Waals surface area contributed by atoms with Crippen molar-refractivity contribution in [2.45, 2.75) is 57.7 Å². The highest BCUT2D eigenvalue weighted by atomic mass is 35.5. The largest absolute Gasteiger partial charge is 0.483 e. The molecule has 1 unspecified atom stereocenters. The molecule has 3 aliphatic heterocycles. The highest BCUT2D eigenvalue weighted by Gasteiger charge is 2.47. The van der Waals surface area contributed by atoms with Gasteiger partial charge in [-0.05, 0) is 75.1 Å². The van der Waals surface area contributed by atoms with Gasteiger partial charge in [-0.25, -0.2) is 9.97 Å². The van der Waals surface area contributed by atoms with E-state index < -0.39 is 65.6 Å². The monoisotopic (exact) mass is 951 g/mol. The number of aryl methyl sites for hydroxylation is 1. The first kappa shape index (κ1) is 46.2. The van der Waals surface area contributed by atoms with Crippen molar-refractivity contribution < 1.29 is 43.0 Å². The van der Waals surface area contributed by atoms with Crippen LogP contribution in [0.5, 0.6) is 11.6 Å². The SMILES string of the molecule is COc1ncc(C(=O)NCCCCNC(=O)COc2cccc3c2C(=O)N(C2CCC(=O)NC2=O)C3=O)cc1-c1nc2c(n1C(C)C)[C@H](c1ccc(Cl)cc1)N(c1cc(Cl)cn(C)c1=O)C2=O. The van der Waals surface area contributed by atoms with Gasteiger partial charge >= 0.3 is 0 Å². The Bertz CT molecular complexity index is 2950. The number of pyridine rings is 2. The Labute approximate surface area is 392 Å². The number of rotatable bonds is 15. The van der Waals surface area contributed by atoms with E-state index in [0.29, 0.717) is 40.5 Å². The molecule has 8 rings (SSSR count). The molecule has 5 aromatic rings. The normalized spacial score (nSPS) is 16.6. The fourth-order valence-corrected chi connectivity index (χ4v) is 8.81. The minimum absolute atomic E-state index is 0.000866. The zero-order chi connectivity index (χ0) is 47.8. The number of halogens is 2. The number of benzene rings is 2. The van der Waals surface area contributed by atoms with Crippen molar-refractivity contribution in [1.29, 1.82) is 0 Å². The summed E-state index contributed by atoms with van der Waals surface area (Å²) < 4.78 is 14.5. The predicted octanol–water partition coefficient (Wildman–Crippen LogP) is 4.40. The molecule has 0 spiro atoms. The van der Waals surface area contributed by atoms with Gasteiger partial charge in [-0.3, -0.25) is 53.5 Å². The van der Waals surface area contributed by atoms with Crippen LogP contribution in [-0.4, -0.2) is 98.2 Å². The van der Waals surface area contributed by atoms with Crippen LogP contribution in [0, 0.1) is 0 Å². The van der Waals surface area contributed by atoms with E-state index in [9.17, 15) is 38.4 Å². The zero-order valence-corrected chi connectivity index (χ0v) is 38.1. The summed E-state index contributed by atoms with van der Waals surface area (Å²) in [5.41, 5.74) is 1.38. The number of amides is 7. The van der Waals surface area contributed by atoms with Gasteiger partial charge in [0, 0.05) is 50.0 Å². The quantitative estimate of drug-likeness (QED) is 0.0980. The molecule has 1 saturated heterocycles. The van der Waals surface area contributed by atoms with Crippen LogP contribution in [0.1, 0.15) is 104 Å². The second-order valence-electron chi connectivity index (χ2n) is 16.2. The van der Waals surface area contributed by atoms with E-state index in [4.69, 9.17) is 37.7 Å². The molecule has 346 valence electrons. The average molecular weight is 953 g/mol. The van der Waals surface area contributed by atoms with Gasteiger partial charge in [-0.15, -0.1) is 0 Å². The number of nitrogens with zero attached hydrogens (tertiary/aromatic N) is 6. The smallest absolute Gasteiger partial charge is 0.279 e. The number of hydrogen-bond acceptors (Lipinski definition) is 12. The Hall–Kier alpha value is -7.38. The summed E-state index contributed by atoms with van der Waals surface area (Å²) in [5, 5.41) is 8.48. The number of imidazole rings is 1. The molecule has 0 bridgehead atoms. The Morgan fingerprint density at radius 3 is 2.33 bits per heavy atom. The summed E-state index contributed by atoms with van der Waals surface area (Å²) in [6.45, 7) is 3.85. The van der Waals surface area contributed by atoms with E-state index in [-0.39, 0.29) is 76.7 Å². The van der Waals surface area contributed by atoms with Crippen LogP contribution in [0.3, 0.4) is 0 Å². The Balaban J connectivity index is 0.912. The first-order chi connectivity index (χ1) is 32.1. The second kappa shape index (κ2) is 18.8. The van der Waals surface area contributed by atoms with E-state index in [1.165, 1.54) is 53.2 Å². The lowest BCUT2D eigenvalue weighted by Gasteiger charge is -2.28. The molecule has 21 heteroatoms. The summed E-state index contributed by atoms with van der Waals surface area (Å²) in [6.07, 6.45) is 3.76. The molecule has 0 saturated carbocycles. The maximum atomic E-state index is 14.5. The van der Waals surface area contributed by atoms with Gasteiger partial charge in [0.2, 0.25) is 17.7 Å². The van der Waals surface area contributed by atoms with Crippen molar-refractivity contribution in [3.05, 3.63) is 121 Å². The maximum Gasteiger partial charge on any atom is 0.279 e. The third kappa shape index (κ3) is 8.74. The van der Waals surface area contributed by atoms with Crippen molar-refractivity contribution in [2.24, 2.45) is 7.05 Å². The van der Waals surface area contributed by atoms with Crippen LogP contribution in [0.4, 0.5) is 5.69 Å². The number of carbonyl (C=O) groups is 7. The van der Waals surface area contributed by atoms with Gasteiger partial charge in [0.25, 0.3) is 35.1 Å². The van der Waals surface area contributed by atoms with Crippen molar-refractivity contribution in [1.82, 2.24) is 40.0 Å². The van der Waals surface area contributed by atoms with Crippen LogP contribution < -0.4 is 35.9 Å². The van der Waals surface area contributed by atoms with Crippen molar-refractivity contribution in [2.75, 3.05) is 31.7 Å². The molecule has 3 N–H and O–H groups in total. The van der Waals surface area contributed by atoms with E-state index in [1.807, 2.05) is 18.4 Å². The van der Waals surface area contributed by atoms with E-state index in [1.54, 1.807) is 37.4 Å². The Morgan fingerprint density at radius 1 is 0.896 bits per heavy atom. The van der Waals surface area contributed by atoms with Gasteiger partial charge in [0.15, 0.2) is 12.3 Å². The fourth-order valence-electron chi connectivity index (χ4n) is 8.44. The van der Waals surface area contributed by atoms with Gasteiger partial charge in [-0.1, -0.05) is 41.4 Å². The molecule has 2 atom stereocenters. The number of nitrogens with one attached hydrogen (secondary N) is 3. The lowest BCUT2D eigenvalue weighted by molar-refractivity contribution is -0.136. The molecule has 0 radical (unpaired) electrons. The number of carbonyl (C=O) groups excluding carboxylic acids is 7. The summed E-state index contributed by atoms with van der Waals surface area (Å²) in [4.78, 5) is 116. The maximum absolute atomic E-state index is 14.5. The fraction of sp³-hybridized carbons (Fsp3) is 0.304. The van der Waals surface area contributed by atoms with Crippen molar-refractivity contribution in [3.8, 4) is 23.0 Å². The van der Waals surface area contributed by atoms with Gasteiger partial charge in [-0.2, -0.15) is 0 Å². The Morgan fingerprint density at radius 2 is 1.63 bits per heavy atom. The molecule has 7 amide bonds. The van der Waals surface area contributed by atoms with Crippen LogP contribution in [-0.2, 0) is 21.4 Å². The summed E-state index contributed by atoms with van der Waals surface area (Å²) in [5.74, 6) is -3.67. The number of methoxy groups -OCH3 is 1. The van der Waals surface area contributed by atoms with Crippen LogP contribution in [0.2, 0.25) is 10.0 Å². The van der Waals surface area contributed by atoms with Crippen LogP contribution >= 0.6 is 23.2 Å². The van der Waals surface area contributed by atoms with E-state index in [2.05, 4.69) is 20.9 Å². The standard InChI is InChI=1S/C46H43Cl2N9O10/c1-23(2)55-38-36(46(65)56(31-19-27(48)21-54(3)44(31)63)37(38)24-10-12-26(47)13-11-24)53-39(55)29-18-25(20-51-42(29)66-4)40(60)50-17-6-5-16-49-34(59)22-67-32-9-7-8-28-35(32)45(64)57(43(28)62)30-14-15-33(58)52-41(30)61/h7-13,18-21,23,30,37H,5-6,14-17,22H2,1-4H3,(H,49,59)(H,50,60)(H,52,58,61)/t30?,37-/m0/s1. The minimum atomic E-state index is -1.14. The molecular formula is C46H43Cl2N9O10. The predicted molar refractivity (Wildman–Crippen MR) is 242 cm³/mol. The van der Waals surface area contributed by atoms with Gasteiger partial charge in [0.05, 0.1) is 40.1 Å². The highest BCUT2D eigenvalue weighted by molar-refractivity contribution is 6.31. The number of piperidine rings is 1. The first-order valence-electron chi connectivity index (χ1n) is 21.2. The number of ether oxygens (including phenoxy) is 2. The number of imide groups is 2. The third-order valence-electron chi connectivity index (χ3n) is 11.5. The van der Waals surface area contributed by atoms with Gasteiger partial charge in [0.1, 0.15) is 29.3 Å². The van der Waals surface area contributed by atoms with Crippen LogP contribution in [0.15, 0.2) is 71.8 Å². The molecule has 3 aliphatic rings. The summed E-state index contributed by atoms with van der Waals surface area (Å²) in [7, 11) is 2.98. The Kier molecular flexibility index (Phi) is 13.0. The highest BCUT2D eigenvalue weighted by Crippen LogP contribution is 2.45. The van der Waals surface area contributed by atoms with Crippen LogP contribution in [0.25, 0.3) is 11.4 Å². The molecule has 19 nitrogen and oxygen atoms in total. The molecule has 67 heavy (non-hydrogen) atoms. The first-order valence-corrected chi connectivity index (χ1v) is 22.0. The number of aromatic nitrogens is 4. The average Bonchev–Trinajstić information content (AvgIpc) is 3.91. The van der Waals surface area contributed by atoms with Crippen molar-refractivity contribution in [3.63, 3.8) is 0 Å². The number of unbranched alkanes of at least 4 members (excludes halogenated alkanes) is 1. The summed E-state index contributed by atoms with van der Waals surface area (Å²) in [6, 6.07) is 12.1. The van der Waals surface area contributed by atoms with E-state index >= 15 is 0 Å². The van der Waals surface area contributed by atoms with E-state index in [0.717, 1.165) is 4.90 Å². The number of anilines is 1. The third-order valence-corrected chi connectivity index (χ3v) is 12.0. The molecule has 2 aromatic carbocycles. The van der Waals surface area contributed by atoms with Crippen molar-refractivity contribution >= 4 is 70.2 Å². The molecule has 6 heterocycles. The lowest BCUT2D eigenvalue weighted by Crippen LogP contribution is -2.54. The molecule has 1 fully saturated rings. The molecule has 0 aliphatic carbocycles. The summed E-state index contributed by atoms with van der Waals surface area (Å²) >= 11 is 12.7. The van der Waals surface area contributed by atoms with Gasteiger partial charge < -0.3 is 29.2 Å². The molecule has 3 aromatic heterocycles. The zero-order valence-electron chi connectivity index (χ0n) is 36.6. The number of fused-ring (bicyclic) bond motifs is 2. The number of hydrogen-bond donors (Lipinski definition) is 3. The molecular weight excluding hydrogens is 909 g/mol. The topological polar surface area (TPSA) is 233 Å².